The lowest BCUT2D eigenvalue weighted by atomic mass is 10.1. The van der Waals surface area contributed by atoms with Crippen LogP contribution in [0.5, 0.6) is 0 Å². The number of pyridine rings is 1. The summed E-state index contributed by atoms with van der Waals surface area (Å²) in [5.74, 6) is 0.225. The third kappa shape index (κ3) is 2.61. The number of anilines is 2. The van der Waals surface area contributed by atoms with E-state index in [-0.39, 0.29) is 10.8 Å². The van der Waals surface area contributed by atoms with Crippen molar-refractivity contribution in [2.75, 3.05) is 5.32 Å². The van der Waals surface area contributed by atoms with Crippen molar-refractivity contribution in [1.29, 1.82) is 0 Å². The summed E-state index contributed by atoms with van der Waals surface area (Å²) in [5.41, 5.74) is 9.94. The van der Waals surface area contributed by atoms with Crippen LogP contribution < -0.4 is 11.1 Å². The van der Waals surface area contributed by atoms with E-state index in [1.165, 1.54) is 11.6 Å². The lowest BCUT2D eigenvalue weighted by molar-refractivity contribution is 0.630. The number of halogens is 1. The molecule has 1 aromatic heterocycles. The molecule has 0 fully saturated rings. The zero-order valence-corrected chi connectivity index (χ0v) is 12.6. The van der Waals surface area contributed by atoms with Crippen molar-refractivity contribution in [3.8, 4) is 0 Å². The predicted octanol–water partition coefficient (Wildman–Crippen LogP) is 3.40. The second-order valence-corrected chi connectivity index (χ2v) is 5.70. The van der Waals surface area contributed by atoms with E-state index in [0.717, 1.165) is 30.5 Å². The van der Waals surface area contributed by atoms with E-state index in [9.17, 15) is 4.39 Å². The van der Waals surface area contributed by atoms with Gasteiger partial charge in [0.05, 0.1) is 11.3 Å². The lowest BCUT2D eigenvalue weighted by Crippen LogP contribution is -2.15. The van der Waals surface area contributed by atoms with E-state index in [1.807, 2.05) is 19.1 Å². The van der Waals surface area contributed by atoms with Gasteiger partial charge in [0.15, 0.2) is 0 Å². The monoisotopic (exact) mass is 301 g/mol. The highest BCUT2D eigenvalue weighted by molar-refractivity contribution is 7.80. The van der Waals surface area contributed by atoms with Crippen molar-refractivity contribution in [3.05, 3.63) is 52.5 Å². The van der Waals surface area contributed by atoms with Crippen LogP contribution in [-0.4, -0.2) is 9.97 Å². The first kappa shape index (κ1) is 13.9. The van der Waals surface area contributed by atoms with Crippen LogP contribution in [0.15, 0.2) is 24.3 Å². The summed E-state index contributed by atoms with van der Waals surface area (Å²) in [5, 5.41) is 3.07. The average molecular weight is 301 g/mol. The number of nitrogens with zero attached hydrogens (tertiary/aromatic N) is 1. The van der Waals surface area contributed by atoms with Crippen molar-refractivity contribution in [3.63, 3.8) is 0 Å². The normalized spacial score (nSPS) is 13.0. The highest BCUT2D eigenvalue weighted by Gasteiger charge is 2.18. The molecule has 0 saturated heterocycles. The smallest absolute Gasteiger partial charge is 0.146 e. The van der Waals surface area contributed by atoms with E-state index < -0.39 is 0 Å². The number of aryl methyl sites for hydroxylation is 3. The number of rotatable bonds is 3. The van der Waals surface area contributed by atoms with Crippen molar-refractivity contribution in [2.45, 2.75) is 26.2 Å². The molecule has 1 aliphatic rings. The molecule has 1 heterocycles. The van der Waals surface area contributed by atoms with Gasteiger partial charge in [-0.2, -0.15) is 0 Å². The molecule has 3 N–H and O–H groups in total. The van der Waals surface area contributed by atoms with Crippen LogP contribution in [0.1, 0.15) is 28.8 Å². The molecule has 21 heavy (non-hydrogen) atoms. The number of para-hydroxylation sites is 1. The molecule has 0 radical (unpaired) electrons. The topological polar surface area (TPSA) is 50.9 Å². The number of hydrogen-bond donors (Lipinski definition) is 2. The number of hydrogen-bond acceptors (Lipinski definition) is 3. The number of fused-ring (bicyclic) bond motifs is 1. The number of aromatic nitrogens is 1. The fraction of sp³-hybridized carbons (Fsp3) is 0.250. The number of benzene rings is 1. The third-order valence-corrected chi connectivity index (χ3v) is 4.00. The zero-order valence-electron chi connectivity index (χ0n) is 11.7. The lowest BCUT2D eigenvalue weighted by Gasteiger charge is -2.15. The average Bonchev–Trinajstić information content (AvgIpc) is 2.89. The fourth-order valence-electron chi connectivity index (χ4n) is 2.66. The second kappa shape index (κ2) is 5.41. The van der Waals surface area contributed by atoms with Gasteiger partial charge in [-0.15, -0.1) is 0 Å². The molecule has 0 bridgehead atoms. The van der Waals surface area contributed by atoms with Crippen LogP contribution in [-0.2, 0) is 12.8 Å². The van der Waals surface area contributed by atoms with Gasteiger partial charge in [-0.25, -0.2) is 9.37 Å². The molecular formula is C16H16FN3S. The number of nitrogens with two attached hydrogens (primary N) is 1. The van der Waals surface area contributed by atoms with E-state index in [1.54, 1.807) is 6.07 Å². The molecule has 0 unspecified atom stereocenters. The highest BCUT2D eigenvalue weighted by Crippen LogP contribution is 2.29. The summed E-state index contributed by atoms with van der Waals surface area (Å²) in [6, 6.07) is 6.93. The Morgan fingerprint density at radius 1 is 1.38 bits per heavy atom. The Morgan fingerprint density at radius 2 is 2.19 bits per heavy atom. The quantitative estimate of drug-likeness (QED) is 0.853. The first-order valence-electron chi connectivity index (χ1n) is 6.91. The maximum Gasteiger partial charge on any atom is 0.146 e. The van der Waals surface area contributed by atoms with Crippen LogP contribution in [0.3, 0.4) is 0 Å². The van der Waals surface area contributed by atoms with Gasteiger partial charge < -0.3 is 11.1 Å². The Balaban J connectivity index is 2.08. The summed E-state index contributed by atoms with van der Waals surface area (Å²) < 4.78 is 14.0. The Labute approximate surface area is 128 Å². The minimum absolute atomic E-state index is 0.272. The van der Waals surface area contributed by atoms with Crippen molar-refractivity contribution >= 4 is 28.7 Å². The van der Waals surface area contributed by atoms with Crippen molar-refractivity contribution in [1.82, 2.24) is 4.98 Å². The standard InChI is InChI=1S/C16H16FN3S/c1-9-4-2-6-12(17)14(9)20-16-11(15(18)21)8-10-5-3-7-13(10)19-16/h2,4,6,8H,3,5,7H2,1H3,(H2,18,21)(H,19,20). The molecule has 1 aliphatic carbocycles. The summed E-state index contributed by atoms with van der Waals surface area (Å²) in [7, 11) is 0. The maximum atomic E-state index is 14.0. The molecular weight excluding hydrogens is 285 g/mol. The molecule has 3 nitrogen and oxygen atoms in total. The van der Waals surface area contributed by atoms with Gasteiger partial charge in [0.25, 0.3) is 0 Å². The van der Waals surface area contributed by atoms with E-state index in [2.05, 4.69) is 10.3 Å². The summed E-state index contributed by atoms with van der Waals surface area (Å²) in [4.78, 5) is 4.88. The van der Waals surface area contributed by atoms with Gasteiger partial charge in [0, 0.05) is 5.69 Å². The van der Waals surface area contributed by atoms with Crippen molar-refractivity contribution < 1.29 is 4.39 Å². The minimum Gasteiger partial charge on any atom is -0.389 e. The molecule has 0 atom stereocenters. The van der Waals surface area contributed by atoms with Gasteiger partial charge in [-0.1, -0.05) is 24.4 Å². The molecule has 0 amide bonds. The maximum absolute atomic E-state index is 14.0. The predicted molar refractivity (Wildman–Crippen MR) is 86.6 cm³/mol. The van der Waals surface area contributed by atoms with E-state index in [4.69, 9.17) is 18.0 Å². The molecule has 1 aromatic carbocycles. The molecule has 108 valence electrons. The minimum atomic E-state index is -0.314. The van der Waals surface area contributed by atoms with Crippen LogP contribution in [0, 0.1) is 12.7 Å². The Hall–Kier alpha value is -2.01. The van der Waals surface area contributed by atoms with Crippen molar-refractivity contribution in [2.24, 2.45) is 5.73 Å². The fourth-order valence-corrected chi connectivity index (χ4v) is 2.82. The van der Waals surface area contributed by atoms with E-state index >= 15 is 0 Å². The van der Waals surface area contributed by atoms with Gasteiger partial charge in [0.1, 0.15) is 16.6 Å². The largest absolute Gasteiger partial charge is 0.389 e. The Morgan fingerprint density at radius 3 is 2.90 bits per heavy atom. The molecule has 2 aromatic rings. The zero-order chi connectivity index (χ0) is 15.0. The molecule has 0 aliphatic heterocycles. The van der Waals surface area contributed by atoms with Crippen LogP contribution in [0.25, 0.3) is 0 Å². The number of thiocarbonyl (C=S) groups is 1. The molecule has 5 heteroatoms. The molecule has 0 saturated carbocycles. The number of nitrogens with one attached hydrogen (secondary N) is 1. The van der Waals surface area contributed by atoms with Gasteiger partial charge in [-0.3, -0.25) is 0 Å². The Kier molecular flexibility index (Phi) is 3.59. The molecule has 3 rings (SSSR count). The Bertz CT molecular complexity index is 707. The highest BCUT2D eigenvalue weighted by atomic mass is 32.1. The van der Waals surface area contributed by atoms with Gasteiger partial charge in [-0.05, 0) is 49.4 Å². The van der Waals surface area contributed by atoms with Crippen LogP contribution in [0.4, 0.5) is 15.9 Å². The summed E-state index contributed by atoms with van der Waals surface area (Å²) in [6.07, 6.45) is 3.02. The summed E-state index contributed by atoms with van der Waals surface area (Å²) in [6.45, 7) is 1.85. The van der Waals surface area contributed by atoms with Crippen LogP contribution in [0.2, 0.25) is 0 Å². The SMILES string of the molecule is Cc1cccc(F)c1Nc1nc2c(cc1C(N)=S)CCC2. The van der Waals surface area contributed by atoms with Gasteiger partial charge in [0.2, 0.25) is 0 Å². The second-order valence-electron chi connectivity index (χ2n) is 5.26. The summed E-state index contributed by atoms with van der Waals surface area (Å²) >= 11 is 5.11. The van der Waals surface area contributed by atoms with Crippen LogP contribution >= 0.6 is 12.2 Å². The molecule has 0 spiro atoms. The first-order valence-corrected chi connectivity index (χ1v) is 7.32. The van der Waals surface area contributed by atoms with Gasteiger partial charge >= 0.3 is 0 Å². The first-order chi connectivity index (χ1) is 10.1. The van der Waals surface area contributed by atoms with E-state index in [0.29, 0.717) is 17.1 Å². The third-order valence-electron chi connectivity index (χ3n) is 3.78.